The lowest BCUT2D eigenvalue weighted by atomic mass is 9.99. The van der Waals surface area contributed by atoms with E-state index >= 15 is 0 Å². The minimum Gasteiger partial charge on any atom is -0.481 e. The van der Waals surface area contributed by atoms with Crippen LogP contribution in [0.25, 0.3) is 0 Å². The fourth-order valence-corrected chi connectivity index (χ4v) is 3.57. The maximum absolute atomic E-state index is 13.0. The van der Waals surface area contributed by atoms with Crippen LogP contribution in [0.2, 0.25) is 0 Å². The Morgan fingerprint density at radius 2 is 2.12 bits per heavy atom. The minimum atomic E-state index is -0.813. The number of hydrogen-bond donors (Lipinski definition) is 1. The molecule has 1 atom stereocenters. The lowest BCUT2D eigenvalue weighted by Crippen LogP contribution is -2.17. The number of carbonyl (C=O) groups is 2. The number of furan rings is 1. The number of carbonyl (C=O) groups excluding carboxylic acids is 1. The molecule has 3 heterocycles. The number of aromatic nitrogens is 1. The number of ketones is 1. The van der Waals surface area contributed by atoms with Gasteiger partial charge in [0.05, 0.1) is 11.6 Å². The van der Waals surface area contributed by atoms with E-state index in [0.29, 0.717) is 30.2 Å². The molecule has 5 heteroatoms. The standard InChI is InChI=1S/C19H23NO4/c1-3-6-13-11-15-14(19(22)23)7-4-5-10-20(15)17(13)18(21)16-9-8-12(2)24-16/h8-9,11,14H,3-7,10H2,1-2H3,(H,22,23). The number of rotatable bonds is 5. The van der Waals surface area contributed by atoms with Gasteiger partial charge in [-0.25, -0.2) is 0 Å². The molecule has 1 aliphatic heterocycles. The van der Waals surface area contributed by atoms with E-state index in [0.717, 1.165) is 36.9 Å². The van der Waals surface area contributed by atoms with E-state index in [1.807, 2.05) is 17.6 Å². The van der Waals surface area contributed by atoms with Gasteiger partial charge in [0.2, 0.25) is 5.78 Å². The second-order valence-electron chi connectivity index (χ2n) is 6.47. The third-order valence-corrected chi connectivity index (χ3v) is 4.69. The molecular weight excluding hydrogens is 306 g/mol. The molecule has 0 aliphatic carbocycles. The first-order valence-corrected chi connectivity index (χ1v) is 8.59. The van der Waals surface area contributed by atoms with E-state index in [-0.39, 0.29) is 5.78 Å². The third kappa shape index (κ3) is 2.90. The Hall–Kier alpha value is -2.30. The highest BCUT2D eigenvalue weighted by Crippen LogP contribution is 2.33. The van der Waals surface area contributed by atoms with Gasteiger partial charge in [-0.05, 0) is 49.9 Å². The summed E-state index contributed by atoms with van der Waals surface area (Å²) >= 11 is 0. The Kier molecular flexibility index (Phi) is 4.60. The molecule has 0 saturated heterocycles. The van der Waals surface area contributed by atoms with Crippen LogP contribution in [-0.4, -0.2) is 21.4 Å². The quantitative estimate of drug-likeness (QED) is 0.844. The van der Waals surface area contributed by atoms with Crippen LogP contribution in [0.1, 0.15) is 71.8 Å². The average Bonchev–Trinajstić information content (AvgIpc) is 3.05. The lowest BCUT2D eigenvalue weighted by Gasteiger charge is -2.13. The van der Waals surface area contributed by atoms with Crippen molar-refractivity contribution in [2.75, 3.05) is 0 Å². The topological polar surface area (TPSA) is 72.4 Å². The van der Waals surface area contributed by atoms with Crippen molar-refractivity contribution in [3.63, 3.8) is 0 Å². The molecule has 0 fully saturated rings. The zero-order valence-electron chi connectivity index (χ0n) is 14.2. The van der Waals surface area contributed by atoms with Crippen molar-refractivity contribution in [2.45, 2.75) is 58.4 Å². The van der Waals surface area contributed by atoms with Crippen molar-refractivity contribution >= 4 is 11.8 Å². The second kappa shape index (κ2) is 6.67. The highest BCUT2D eigenvalue weighted by molar-refractivity contribution is 6.07. The second-order valence-corrected chi connectivity index (χ2v) is 6.47. The van der Waals surface area contributed by atoms with Crippen LogP contribution in [-0.2, 0) is 17.8 Å². The highest BCUT2D eigenvalue weighted by Gasteiger charge is 2.31. The predicted molar refractivity (Wildman–Crippen MR) is 89.5 cm³/mol. The highest BCUT2D eigenvalue weighted by atomic mass is 16.4. The van der Waals surface area contributed by atoms with Crippen LogP contribution in [0.3, 0.4) is 0 Å². The zero-order chi connectivity index (χ0) is 17.3. The summed E-state index contributed by atoms with van der Waals surface area (Å²) in [7, 11) is 0. The Labute approximate surface area is 141 Å². The Balaban J connectivity index is 2.13. The zero-order valence-corrected chi connectivity index (χ0v) is 14.2. The molecule has 2 aromatic rings. The number of fused-ring (bicyclic) bond motifs is 1. The molecule has 0 amide bonds. The summed E-state index contributed by atoms with van der Waals surface area (Å²) in [6.45, 7) is 4.55. The molecule has 128 valence electrons. The van der Waals surface area contributed by atoms with Crippen LogP contribution in [0.5, 0.6) is 0 Å². The lowest BCUT2D eigenvalue weighted by molar-refractivity contribution is -0.139. The van der Waals surface area contributed by atoms with Gasteiger partial charge in [0.15, 0.2) is 5.76 Å². The number of nitrogens with zero attached hydrogens (tertiary/aromatic N) is 1. The smallest absolute Gasteiger partial charge is 0.312 e. The fourth-order valence-electron chi connectivity index (χ4n) is 3.57. The van der Waals surface area contributed by atoms with Gasteiger partial charge in [0, 0.05) is 12.2 Å². The van der Waals surface area contributed by atoms with E-state index in [2.05, 4.69) is 6.92 Å². The number of carboxylic acid groups (broad SMARTS) is 1. The van der Waals surface area contributed by atoms with Gasteiger partial charge in [0.25, 0.3) is 0 Å². The van der Waals surface area contributed by atoms with Crippen molar-refractivity contribution < 1.29 is 19.1 Å². The molecule has 3 rings (SSSR count). The molecule has 1 N–H and O–H groups in total. The first-order valence-electron chi connectivity index (χ1n) is 8.59. The average molecular weight is 329 g/mol. The normalized spacial score (nSPS) is 17.3. The van der Waals surface area contributed by atoms with Crippen molar-refractivity contribution in [1.29, 1.82) is 0 Å². The monoisotopic (exact) mass is 329 g/mol. The van der Waals surface area contributed by atoms with E-state index in [1.54, 1.807) is 12.1 Å². The number of aliphatic carboxylic acids is 1. The van der Waals surface area contributed by atoms with Crippen LogP contribution < -0.4 is 0 Å². The maximum atomic E-state index is 13.0. The molecule has 0 spiro atoms. The summed E-state index contributed by atoms with van der Waals surface area (Å²) in [6.07, 6.45) is 4.02. The van der Waals surface area contributed by atoms with Gasteiger partial charge in [-0.1, -0.05) is 19.8 Å². The summed E-state index contributed by atoms with van der Waals surface area (Å²) in [5.41, 5.74) is 2.30. The van der Waals surface area contributed by atoms with Crippen LogP contribution in [0.4, 0.5) is 0 Å². The minimum absolute atomic E-state index is 0.149. The fraction of sp³-hybridized carbons (Fsp3) is 0.474. The summed E-state index contributed by atoms with van der Waals surface area (Å²) in [4.78, 5) is 24.7. The number of hydrogen-bond acceptors (Lipinski definition) is 3. The molecular formula is C19H23NO4. The molecule has 1 unspecified atom stereocenters. The van der Waals surface area contributed by atoms with Crippen LogP contribution in [0, 0.1) is 6.92 Å². The van der Waals surface area contributed by atoms with Crippen molar-refractivity contribution in [2.24, 2.45) is 0 Å². The first-order chi connectivity index (χ1) is 11.5. The Morgan fingerprint density at radius 3 is 2.75 bits per heavy atom. The molecule has 0 aromatic carbocycles. The summed E-state index contributed by atoms with van der Waals surface area (Å²) in [6, 6.07) is 5.40. The van der Waals surface area contributed by atoms with E-state index in [4.69, 9.17) is 4.42 Å². The van der Waals surface area contributed by atoms with Gasteiger partial charge >= 0.3 is 5.97 Å². The molecule has 2 aromatic heterocycles. The molecule has 24 heavy (non-hydrogen) atoms. The SMILES string of the molecule is CCCc1cc2n(c1C(=O)c1ccc(C)o1)CCCCC2C(=O)O. The van der Waals surface area contributed by atoms with Crippen LogP contribution in [0.15, 0.2) is 22.6 Å². The Bertz CT molecular complexity index is 768. The summed E-state index contributed by atoms with van der Waals surface area (Å²) < 4.78 is 7.45. The van der Waals surface area contributed by atoms with Gasteiger partial charge in [-0.2, -0.15) is 0 Å². The summed E-state index contributed by atoms with van der Waals surface area (Å²) in [5.74, 6) is -0.485. The van der Waals surface area contributed by atoms with Gasteiger partial charge < -0.3 is 14.1 Å². The summed E-state index contributed by atoms with van der Waals surface area (Å²) in [5, 5.41) is 9.58. The molecule has 0 bridgehead atoms. The molecule has 5 nitrogen and oxygen atoms in total. The van der Waals surface area contributed by atoms with Crippen molar-refractivity contribution in [3.8, 4) is 0 Å². The van der Waals surface area contributed by atoms with E-state index in [9.17, 15) is 14.7 Å². The number of carboxylic acids is 1. The van der Waals surface area contributed by atoms with Crippen molar-refractivity contribution in [3.05, 3.63) is 46.7 Å². The van der Waals surface area contributed by atoms with Gasteiger partial charge in [-0.15, -0.1) is 0 Å². The molecule has 0 radical (unpaired) electrons. The number of aryl methyl sites for hydroxylation is 2. The molecule has 1 aliphatic rings. The van der Waals surface area contributed by atoms with Gasteiger partial charge in [0.1, 0.15) is 5.76 Å². The van der Waals surface area contributed by atoms with Gasteiger partial charge in [-0.3, -0.25) is 9.59 Å². The third-order valence-electron chi connectivity index (χ3n) is 4.69. The largest absolute Gasteiger partial charge is 0.481 e. The first kappa shape index (κ1) is 16.6. The predicted octanol–water partition coefficient (Wildman–Crippen LogP) is 3.93. The van der Waals surface area contributed by atoms with E-state index in [1.165, 1.54) is 0 Å². The molecule has 0 saturated carbocycles. The Morgan fingerprint density at radius 1 is 1.33 bits per heavy atom. The van der Waals surface area contributed by atoms with E-state index < -0.39 is 11.9 Å². The van der Waals surface area contributed by atoms with Crippen LogP contribution >= 0.6 is 0 Å². The van der Waals surface area contributed by atoms with Crippen molar-refractivity contribution in [1.82, 2.24) is 4.57 Å². The maximum Gasteiger partial charge on any atom is 0.312 e.